The highest BCUT2D eigenvalue weighted by molar-refractivity contribution is 5.79. The fraction of sp³-hybridized carbons (Fsp3) is 0.682. The summed E-state index contributed by atoms with van der Waals surface area (Å²) in [5.74, 6) is 0.858. The molecular weight excluding hydrogens is 352 g/mol. The van der Waals surface area contributed by atoms with Crippen molar-refractivity contribution in [2.45, 2.75) is 51.1 Å². The van der Waals surface area contributed by atoms with Gasteiger partial charge < -0.3 is 25.4 Å². The van der Waals surface area contributed by atoms with Crippen LogP contribution in [0.25, 0.3) is 0 Å². The molecule has 3 N–H and O–H groups in total. The second-order valence-corrected chi connectivity index (χ2v) is 7.43. The predicted octanol–water partition coefficient (Wildman–Crippen LogP) is 2.87. The van der Waals surface area contributed by atoms with Crippen molar-refractivity contribution < 1.29 is 9.47 Å². The zero-order chi connectivity index (χ0) is 20.1. The van der Waals surface area contributed by atoms with Gasteiger partial charge in [0.2, 0.25) is 0 Å². The number of aliphatic imine (C=N–C) groups is 1. The fourth-order valence-corrected chi connectivity index (χ4v) is 3.57. The molecule has 0 spiro atoms. The summed E-state index contributed by atoms with van der Waals surface area (Å²) in [6.07, 6.45) is 4.11. The zero-order valence-corrected chi connectivity index (χ0v) is 17.8. The maximum absolute atomic E-state index is 5.63. The van der Waals surface area contributed by atoms with Gasteiger partial charge in [-0.3, -0.25) is 4.99 Å². The van der Waals surface area contributed by atoms with Crippen molar-refractivity contribution in [3.63, 3.8) is 0 Å². The van der Waals surface area contributed by atoms with E-state index >= 15 is 0 Å². The number of nitrogens with zero attached hydrogens (tertiary/aromatic N) is 1. The Hall–Kier alpha value is -1.63. The van der Waals surface area contributed by atoms with Crippen molar-refractivity contribution in [2.75, 3.05) is 46.6 Å². The number of rotatable bonds is 11. The standard InChI is InChI=1S/C22H38N4O2/c1-4-27-15-9-8-14-24-21(23-3)25-18-22(12-16-28-17-13-22)26-19(2)20-10-6-5-7-11-20/h5-7,10-11,19,26H,4,8-9,12-18H2,1-3H3,(H2,23,24,25). The molecule has 0 aliphatic carbocycles. The summed E-state index contributed by atoms with van der Waals surface area (Å²) in [7, 11) is 1.83. The van der Waals surface area contributed by atoms with Gasteiger partial charge in [-0.15, -0.1) is 0 Å². The summed E-state index contributed by atoms with van der Waals surface area (Å²) in [5.41, 5.74) is 1.31. The van der Waals surface area contributed by atoms with Crippen LogP contribution < -0.4 is 16.0 Å². The predicted molar refractivity (Wildman–Crippen MR) is 116 cm³/mol. The average molecular weight is 391 g/mol. The first-order valence-electron chi connectivity index (χ1n) is 10.6. The van der Waals surface area contributed by atoms with E-state index in [-0.39, 0.29) is 11.6 Å². The molecule has 28 heavy (non-hydrogen) atoms. The van der Waals surface area contributed by atoms with Crippen molar-refractivity contribution in [3.05, 3.63) is 35.9 Å². The highest BCUT2D eigenvalue weighted by Gasteiger charge is 2.34. The molecule has 6 nitrogen and oxygen atoms in total. The minimum atomic E-state index is 0.0000932. The summed E-state index contributed by atoms with van der Waals surface area (Å²) in [6.45, 7) is 9.19. The lowest BCUT2D eigenvalue weighted by molar-refractivity contribution is 0.0355. The van der Waals surface area contributed by atoms with E-state index in [2.05, 4.69) is 58.2 Å². The number of ether oxygens (including phenoxy) is 2. The van der Waals surface area contributed by atoms with E-state index in [9.17, 15) is 0 Å². The topological polar surface area (TPSA) is 66.9 Å². The van der Waals surface area contributed by atoms with Gasteiger partial charge in [-0.1, -0.05) is 30.3 Å². The van der Waals surface area contributed by atoms with Gasteiger partial charge in [0.1, 0.15) is 0 Å². The first-order valence-corrected chi connectivity index (χ1v) is 10.6. The van der Waals surface area contributed by atoms with Gasteiger partial charge >= 0.3 is 0 Å². The van der Waals surface area contributed by atoms with Gasteiger partial charge in [0.15, 0.2) is 5.96 Å². The molecule has 0 radical (unpaired) electrons. The van der Waals surface area contributed by atoms with Gasteiger partial charge in [0, 0.05) is 58.1 Å². The Morgan fingerprint density at radius 2 is 1.93 bits per heavy atom. The van der Waals surface area contributed by atoms with Gasteiger partial charge in [0.25, 0.3) is 0 Å². The number of hydrogen-bond acceptors (Lipinski definition) is 4. The van der Waals surface area contributed by atoms with Gasteiger partial charge in [0.05, 0.1) is 0 Å². The Labute approximate surface area is 170 Å². The Balaban J connectivity index is 1.85. The quantitative estimate of drug-likeness (QED) is 0.308. The lowest BCUT2D eigenvalue weighted by Gasteiger charge is -2.41. The van der Waals surface area contributed by atoms with Crippen LogP contribution in [0.1, 0.15) is 51.1 Å². The van der Waals surface area contributed by atoms with Gasteiger partial charge in [-0.05, 0) is 45.1 Å². The van der Waals surface area contributed by atoms with Crippen molar-refractivity contribution in [2.24, 2.45) is 4.99 Å². The first-order chi connectivity index (χ1) is 13.7. The normalized spacial score (nSPS) is 17.9. The van der Waals surface area contributed by atoms with Crippen LogP contribution in [0.15, 0.2) is 35.3 Å². The summed E-state index contributed by atoms with van der Waals surface area (Å²) in [4.78, 5) is 4.38. The molecule has 1 unspecified atom stereocenters. The SMILES string of the molecule is CCOCCCCNC(=NC)NCC1(NC(C)c2ccccc2)CCOCC1. The molecule has 1 aliphatic heterocycles. The molecule has 1 aromatic carbocycles. The van der Waals surface area contributed by atoms with E-state index in [0.717, 1.165) is 71.2 Å². The molecule has 0 aromatic heterocycles. The van der Waals surface area contributed by atoms with Crippen molar-refractivity contribution in [1.82, 2.24) is 16.0 Å². The van der Waals surface area contributed by atoms with E-state index < -0.39 is 0 Å². The molecule has 0 saturated carbocycles. The zero-order valence-electron chi connectivity index (χ0n) is 17.8. The van der Waals surface area contributed by atoms with Gasteiger partial charge in [-0.2, -0.15) is 0 Å². The molecular formula is C22H38N4O2. The van der Waals surface area contributed by atoms with Crippen molar-refractivity contribution in [3.8, 4) is 0 Å². The molecule has 6 heteroatoms. The monoisotopic (exact) mass is 390 g/mol. The fourth-order valence-electron chi connectivity index (χ4n) is 3.57. The van der Waals surface area contributed by atoms with E-state index in [0.29, 0.717) is 0 Å². The van der Waals surface area contributed by atoms with Crippen LogP contribution in [0, 0.1) is 0 Å². The van der Waals surface area contributed by atoms with Gasteiger partial charge in [-0.25, -0.2) is 0 Å². The molecule has 0 bridgehead atoms. The van der Waals surface area contributed by atoms with E-state index in [4.69, 9.17) is 9.47 Å². The molecule has 1 atom stereocenters. The molecule has 1 fully saturated rings. The molecule has 158 valence electrons. The minimum Gasteiger partial charge on any atom is -0.382 e. The Morgan fingerprint density at radius 1 is 1.18 bits per heavy atom. The smallest absolute Gasteiger partial charge is 0.191 e. The summed E-state index contributed by atoms with van der Waals surface area (Å²) < 4.78 is 11.0. The van der Waals surface area contributed by atoms with Crippen molar-refractivity contribution in [1.29, 1.82) is 0 Å². The maximum atomic E-state index is 5.63. The molecule has 1 aromatic rings. The summed E-state index contributed by atoms with van der Waals surface area (Å²) in [6, 6.07) is 10.9. The number of hydrogen-bond donors (Lipinski definition) is 3. The van der Waals surface area contributed by atoms with Crippen LogP contribution in [0.3, 0.4) is 0 Å². The summed E-state index contributed by atoms with van der Waals surface area (Å²) >= 11 is 0. The number of unbranched alkanes of at least 4 members (excludes halogenated alkanes) is 1. The van der Waals surface area contributed by atoms with Crippen LogP contribution in [-0.2, 0) is 9.47 Å². The molecule has 1 heterocycles. The maximum Gasteiger partial charge on any atom is 0.191 e. The highest BCUT2D eigenvalue weighted by atomic mass is 16.5. The largest absolute Gasteiger partial charge is 0.382 e. The Bertz CT molecular complexity index is 559. The Kier molecular flexibility index (Phi) is 10.3. The molecule has 1 saturated heterocycles. The average Bonchev–Trinajstić information content (AvgIpc) is 2.74. The highest BCUT2D eigenvalue weighted by Crippen LogP contribution is 2.25. The third-order valence-corrected chi connectivity index (χ3v) is 5.30. The minimum absolute atomic E-state index is 0.0000932. The third kappa shape index (κ3) is 7.78. The van der Waals surface area contributed by atoms with Crippen molar-refractivity contribution >= 4 is 5.96 Å². The van der Waals surface area contributed by atoms with E-state index in [1.54, 1.807) is 0 Å². The third-order valence-electron chi connectivity index (χ3n) is 5.30. The number of guanidine groups is 1. The lowest BCUT2D eigenvalue weighted by atomic mass is 9.88. The summed E-state index contributed by atoms with van der Waals surface area (Å²) in [5, 5.41) is 10.8. The first kappa shape index (κ1) is 22.7. The lowest BCUT2D eigenvalue weighted by Crippen LogP contribution is -2.58. The van der Waals surface area contributed by atoms with Crippen LogP contribution >= 0.6 is 0 Å². The van der Waals surface area contributed by atoms with Crippen LogP contribution in [0.2, 0.25) is 0 Å². The number of benzene rings is 1. The second kappa shape index (κ2) is 12.8. The van der Waals surface area contributed by atoms with Crippen LogP contribution in [0.4, 0.5) is 0 Å². The van der Waals surface area contributed by atoms with E-state index in [1.807, 2.05) is 14.0 Å². The molecule has 0 amide bonds. The van der Waals surface area contributed by atoms with Crippen LogP contribution in [0.5, 0.6) is 0 Å². The molecule has 1 aliphatic rings. The molecule has 2 rings (SSSR count). The van der Waals surface area contributed by atoms with E-state index in [1.165, 1.54) is 5.56 Å². The second-order valence-electron chi connectivity index (χ2n) is 7.43. The van der Waals surface area contributed by atoms with Crippen LogP contribution in [-0.4, -0.2) is 58.1 Å². The Morgan fingerprint density at radius 3 is 2.61 bits per heavy atom. The number of nitrogens with one attached hydrogen (secondary N) is 3.